The Labute approximate surface area is 231 Å². The van der Waals surface area contributed by atoms with Crippen molar-refractivity contribution in [2.75, 3.05) is 18.6 Å². The van der Waals surface area contributed by atoms with Crippen molar-refractivity contribution in [3.05, 3.63) is 74.8 Å². The lowest BCUT2D eigenvalue weighted by atomic mass is 9.91. The van der Waals surface area contributed by atoms with Gasteiger partial charge in [0.1, 0.15) is 0 Å². The topological polar surface area (TPSA) is 99.3 Å². The minimum Gasteiger partial charge on any atom is -0.481 e. The highest BCUT2D eigenvalue weighted by molar-refractivity contribution is 5.99. The lowest BCUT2D eigenvalue weighted by Crippen LogP contribution is -2.51. The predicted octanol–water partition coefficient (Wildman–Crippen LogP) is 4.66. The van der Waals surface area contributed by atoms with Crippen molar-refractivity contribution in [3.8, 4) is 17.0 Å². The van der Waals surface area contributed by atoms with Gasteiger partial charge in [0.2, 0.25) is 5.88 Å². The second-order valence-corrected chi connectivity index (χ2v) is 10.8. The van der Waals surface area contributed by atoms with Crippen molar-refractivity contribution >= 4 is 11.6 Å². The summed E-state index contributed by atoms with van der Waals surface area (Å²) in [5.41, 5.74) is 6.43. The van der Waals surface area contributed by atoms with Gasteiger partial charge < -0.3 is 25.3 Å². The van der Waals surface area contributed by atoms with Gasteiger partial charge in [0.05, 0.1) is 7.11 Å². The Morgan fingerprint density at radius 2 is 1.82 bits per heavy atom. The molecule has 3 aromatic rings. The Bertz CT molecular complexity index is 1370. The van der Waals surface area contributed by atoms with Gasteiger partial charge in [0.15, 0.2) is 0 Å². The first kappa shape index (κ1) is 28.4. The summed E-state index contributed by atoms with van der Waals surface area (Å²) in [4.78, 5) is 35.9. The average Bonchev–Trinajstić information content (AvgIpc) is 2.89. The second kappa shape index (κ2) is 12.0. The molecule has 0 bridgehead atoms. The number of nitrogens with one attached hydrogen (secondary N) is 3. The third-order valence-electron chi connectivity index (χ3n) is 7.73. The molecule has 8 heteroatoms. The van der Waals surface area contributed by atoms with Gasteiger partial charge in [-0.25, -0.2) is 4.98 Å². The van der Waals surface area contributed by atoms with E-state index >= 15 is 0 Å². The zero-order valence-electron chi connectivity index (χ0n) is 24.1. The van der Waals surface area contributed by atoms with Gasteiger partial charge in [-0.15, -0.1) is 0 Å². The van der Waals surface area contributed by atoms with Crippen LogP contribution in [0.3, 0.4) is 0 Å². The number of nitrogens with zero attached hydrogens (tertiary/aromatic N) is 2. The Balaban J connectivity index is 1.75. The monoisotopic (exact) mass is 531 g/mol. The fourth-order valence-corrected chi connectivity index (χ4v) is 5.85. The summed E-state index contributed by atoms with van der Waals surface area (Å²) in [5.74, 6) is 0.329. The number of carbonyl (C=O) groups excluding carboxylic acids is 1. The molecule has 2 atom stereocenters. The summed E-state index contributed by atoms with van der Waals surface area (Å²) in [6, 6.07) is 11.0. The zero-order valence-corrected chi connectivity index (χ0v) is 24.1. The van der Waals surface area contributed by atoms with E-state index in [1.807, 2.05) is 45.0 Å². The summed E-state index contributed by atoms with van der Waals surface area (Å²) in [5, 5.41) is 6.65. The molecule has 4 rings (SSSR count). The maximum Gasteiger partial charge on any atom is 0.253 e. The van der Waals surface area contributed by atoms with E-state index in [0.717, 1.165) is 53.0 Å². The van der Waals surface area contributed by atoms with Crippen molar-refractivity contribution in [1.82, 2.24) is 20.6 Å². The molecule has 1 amide bonds. The number of hydrogen-bond acceptors (Lipinski definition) is 6. The number of methoxy groups -OCH3 is 1. The number of carbonyl (C=O) groups is 1. The summed E-state index contributed by atoms with van der Waals surface area (Å²) >= 11 is 0. The largest absolute Gasteiger partial charge is 0.481 e. The molecule has 208 valence electrons. The number of rotatable bonds is 8. The van der Waals surface area contributed by atoms with E-state index in [1.54, 1.807) is 13.3 Å². The molecule has 1 aliphatic heterocycles. The van der Waals surface area contributed by atoms with Gasteiger partial charge in [-0.1, -0.05) is 0 Å². The molecular weight excluding hydrogens is 490 g/mol. The van der Waals surface area contributed by atoms with Crippen LogP contribution in [0.5, 0.6) is 5.88 Å². The van der Waals surface area contributed by atoms with Crippen molar-refractivity contribution in [3.63, 3.8) is 0 Å². The smallest absolute Gasteiger partial charge is 0.253 e. The molecule has 0 aliphatic carbocycles. The number of benzene rings is 1. The second-order valence-electron chi connectivity index (χ2n) is 10.8. The summed E-state index contributed by atoms with van der Waals surface area (Å²) in [6.07, 6.45) is 3.83. The van der Waals surface area contributed by atoms with Gasteiger partial charge in [0, 0.05) is 71.5 Å². The number of aromatic amines is 1. The predicted molar refractivity (Wildman–Crippen MR) is 157 cm³/mol. The zero-order chi connectivity index (χ0) is 28.3. The fraction of sp³-hybridized carbons (Fsp3) is 0.452. The maximum atomic E-state index is 13.7. The highest BCUT2D eigenvalue weighted by Gasteiger charge is 2.29. The van der Waals surface area contributed by atoms with Crippen LogP contribution in [0.15, 0.2) is 41.3 Å². The van der Waals surface area contributed by atoms with E-state index in [9.17, 15) is 9.59 Å². The highest BCUT2D eigenvalue weighted by Crippen LogP contribution is 2.34. The number of aryl methyl sites for hydroxylation is 2. The van der Waals surface area contributed by atoms with Crippen LogP contribution in [0.4, 0.5) is 5.69 Å². The van der Waals surface area contributed by atoms with Crippen LogP contribution in [0.1, 0.15) is 66.4 Å². The molecule has 0 spiro atoms. The third-order valence-corrected chi connectivity index (χ3v) is 7.73. The first-order valence-corrected chi connectivity index (χ1v) is 13.8. The molecule has 1 fully saturated rings. The van der Waals surface area contributed by atoms with E-state index in [1.165, 1.54) is 0 Å². The quantitative estimate of drug-likeness (QED) is 0.391. The van der Waals surface area contributed by atoms with E-state index in [2.05, 4.69) is 52.3 Å². The van der Waals surface area contributed by atoms with Crippen molar-refractivity contribution in [2.45, 2.75) is 79.1 Å². The number of piperidine rings is 1. The van der Waals surface area contributed by atoms with Crippen LogP contribution in [0, 0.1) is 20.8 Å². The minimum absolute atomic E-state index is 0.157. The van der Waals surface area contributed by atoms with Crippen LogP contribution in [0.25, 0.3) is 11.1 Å². The molecule has 8 nitrogen and oxygen atoms in total. The van der Waals surface area contributed by atoms with E-state index in [-0.39, 0.29) is 18.0 Å². The average molecular weight is 532 g/mol. The van der Waals surface area contributed by atoms with Gasteiger partial charge in [-0.2, -0.15) is 0 Å². The Morgan fingerprint density at radius 3 is 2.41 bits per heavy atom. The van der Waals surface area contributed by atoms with Gasteiger partial charge >= 0.3 is 0 Å². The minimum atomic E-state index is -0.209. The number of pyridine rings is 2. The van der Waals surface area contributed by atoms with Gasteiger partial charge in [0.25, 0.3) is 11.5 Å². The maximum absolute atomic E-state index is 13.7. The molecule has 0 saturated carbocycles. The van der Waals surface area contributed by atoms with Crippen LogP contribution < -0.4 is 25.8 Å². The summed E-state index contributed by atoms with van der Waals surface area (Å²) < 4.78 is 5.25. The molecular formula is C31H41N5O3. The molecule has 0 radical (unpaired) electrons. The number of amides is 1. The van der Waals surface area contributed by atoms with Crippen molar-refractivity contribution < 1.29 is 9.53 Å². The standard InChI is InChI=1S/C31H41N5O3/c1-8-36(25-12-20(4)34-21(5)13-25)28-15-24(23-9-10-29(39-7)32-16-23)14-26(22(28)6)30(37)33-17-27-18(2)11-19(3)35-31(27)38/h9-11,14-16,20-21,25,34H,8,12-13,17H2,1-7H3,(H,33,37)(H,35,38). The number of H-pyrrole nitrogens is 1. The first-order valence-electron chi connectivity index (χ1n) is 13.8. The van der Waals surface area contributed by atoms with Crippen molar-refractivity contribution in [1.29, 1.82) is 0 Å². The number of aromatic nitrogens is 2. The van der Waals surface area contributed by atoms with Crippen molar-refractivity contribution in [2.24, 2.45) is 0 Å². The van der Waals surface area contributed by atoms with Gasteiger partial charge in [-0.3, -0.25) is 9.59 Å². The Kier molecular flexibility index (Phi) is 8.75. The summed E-state index contributed by atoms with van der Waals surface area (Å²) in [7, 11) is 1.59. The molecule has 2 unspecified atom stereocenters. The molecule has 1 aromatic carbocycles. The lowest BCUT2D eigenvalue weighted by molar-refractivity contribution is 0.0950. The van der Waals surface area contributed by atoms with Crippen LogP contribution in [0.2, 0.25) is 0 Å². The molecule has 39 heavy (non-hydrogen) atoms. The third kappa shape index (κ3) is 6.33. The van der Waals surface area contributed by atoms with Crippen LogP contribution in [-0.4, -0.2) is 47.7 Å². The van der Waals surface area contributed by atoms with E-state index in [4.69, 9.17) is 4.74 Å². The van der Waals surface area contributed by atoms with Crippen LogP contribution in [-0.2, 0) is 6.54 Å². The van der Waals surface area contributed by atoms with E-state index in [0.29, 0.717) is 35.1 Å². The number of anilines is 1. The van der Waals surface area contributed by atoms with E-state index < -0.39 is 0 Å². The normalized spacial score (nSPS) is 19.0. The first-order chi connectivity index (χ1) is 18.6. The summed E-state index contributed by atoms with van der Waals surface area (Å²) in [6.45, 7) is 13.4. The van der Waals surface area contributed by atoms with Gasteiger partial charge in [-0.05, 0) is 95.3 Å². The Morgan fingerprint density at radius 1 is 1.10 bits per heavy atom. The molecule has 1 saturated heterocycles. The molecule has 3 N–H and O–H groups in total. The fourth-order valence-electron chi connectivity index (χ4n) is 5.85. The SMILES string of the molecule is CCN(c1cc(-c2ccc(OC)nc2)cc(C(=O)NCc2c(C)cc(C)[nH]c2=O)c1C)C1CC(C)NC(C)C1. The lowest BCUT2D eigenvalue weighted by Gasteiger charge is -2.41. The highest BCUT2D eigenvalue weighted by atomic mass is 16.5. The number of ether oxygens (including phenoxy) is 1. The Hall–Kier alpha value is -3.65. The molecule has 1 aliphatic rings. The van der Waals surface area contributed by atoms with Crippen LogP contribution >= 0.6 is 0 Å². The number of hydrogen-bond donors (Lipinski definition) is 3. The molecule has 3 heterocycles. The molecule has 2 aromatic heterocycles.